The number of ether oxygens (including phenoxy) is 2. The van der Waals surface area contributed by atoms with Crippen LogP contribution in [-0.4, -0.2) is 58.8 Å². The van der Waals surface area contributed by atoms with Crippen LogP contribution in [0.1, 0.15) is 62.3 Å². The lowest BCUT2D eigenvalue weighted by molar-refractivity contribution is -0.149. The molecule has 0 spiro atoms. The summed E-state index contributed by atoms with van der Waals surface area (Å²) in [7, 11) is 0. The van der Waals surface area contributed by atoms with E-state index in [2.05, 4.69) is 10.4 Å². The fourth-order valence-electron chi connectivity index (χ4n) is 3.72. The van der Waals surface area contributed by atoms with Crippen molar-refractivity contribution in [1.29, 1.82) is 0 Å². The van der Waals surface area contributed by atoms with Crippen LogP contribution in [0.25, 0.3) is 5.69 Å². The summed E-state index contributed by atoms with van der Waals surface area (Å²) in [5.41, 5.74) is 1.94. The Morgan fingerprint density at radius 2 is 1.69 bits per heavy atom. The number of nitrogens with zero attached hydrogens (tertiary/aromatic N) is 2. The summed E-state index contributed by atoms with van der Waals surface area (Å²) in [6.07, 6.45) is -0.146. The smallest absolute Gasteiger partial charge is 0.328 e. The van der Waals surface area contributed by atoms with Gasteiger partial charge in [-0.1, -0.05) is 32.0 Å². The first kappa shape index (κ1) is 26.9. The van der Waals surface area contributed by atoms with Crippen molar-refractivity contribution in [2.45, 2.75) is 66.5 Å². The molecule has 1 aromatic carbocycles. The molecular formula is C26H36N4O6. The molecule has 2 atom stereocenters. The van der Waals surface area contributed by atoms with Crippen LogP contribution < -0.4 is 10.6 Å². The zero-order chi connectivity index (χ0) is 27.7. The Hall–Kier alpha value is -3.69. The van der Waals surface area contributed by atoms with Crippen LogP contribution in [0.15, 0.2) is 30.3 Å². The van der Waals surface area contributed by atoms with E-state index in [1.165, 1.54) is 0 Å². The molecule has 0 aliphatic heterocycles. The molecule has 1 heterocycles. The molecule has 10 nitrogen and oxygen atoms in total. The monoisotopic (exact) mass is 501 g/mol. The summed E-state index contributed by atoms with van der Waals surface area (Å²) in [5.74, 6) is -3.07. The molecule has 2 N–H and O–H groups in total. The third kappa shape index (κ3) is 7.40. The Kier molecular flexibility index (Phi) is 10.0. The van der Waals surface area contributed by atoms with Crippen molar-refractivity contribution >= 4 is 23.8 Å². The predicted molar refractivity (Wildman–Crippen MR) is 134 cm³/mol. The maximum absolute atomic E-state index is 13.4. The van der Waals surface area contributed by atoms with Gasteiger partial charge in [-0.25, -0.2) is 9.48 Å². The average molecular weight is 502 g/mol. The number of carbonyl (C=O) groups excluding carboxylic acids is 4. The van der Waals surface area contributed by atoms with Gasteiger partial charge in [0.1, 0.15) is 12.1 Å². The Morgan fingerprint density at radius 1 is 1.06 bits per heavy atom. The van der Waals surface area contributed by atoms with Crippen molar-refractivity contribution in [2.75, 3.05) is 13.2 Å². The van der Waals surface area contributed by atoms with Crippen molar-refractivity contribution in [3.8, 4) is 5.69 Å². The van der Waals surface area contributed by atoms with Gasteiger partial charge in [0.2, 0.25) is 5.91 Å². The third-order valence-corrected chi connectivity index (χ3v) is 5.49. The van der Waals surface area contributed by atoms with E-state index < -0.39 is 41.8 Å². The second-order valence-electron chi connectivity index (χ2n) is 8.57. The summed E-state index contributed by atoms with van der Waals surface area (Å²) in [4.78, 5) is 51.0. The van der Waals surface area contributed by atoms with Crippen LogP contribution in [-0.2, 0) is 23.9 Å². The summed E-state index contributed by atoms with van der Waals surface area (Å²) in [6.45, 7) is 10.4. The van der Waals surface area contributed by atoms with E-state index in [0.717, 1.165) is 5.69 Å². The number of aromatic nitrogens is 2. The first-order valence-corrected chi connectivity index (χ1v) is 12.1. The van der Waals surface area contributed by atoms with E-state index in [0.29, 0.717) is 16.7 Å². The maximum Gasteiger partial charge on any atom is 0.328 e. The Bertz CT molecular complexity index is 1100. The molecule has 2 amide bonds. The zero-order valence-electron chi connectivity index (χ0n) is 22.7. The van der Waals surface area contributed by atoms with Crippen LogP contribution in [0.4, 0.5) is 0 Å². The van der Waals surface area contributed by atoms with Gasteiger partial charge >= 0.3 is 11.9 Å². The fourth-order valence-corrected chi connectivity index (χ4v) is 3.72. The Labute approximate surface area is 213 Å². The molecule has 1 aromatic heterocycles. The van der Waals surface area contributed by atoms with Crippen molar-refractivity contribution < 1.29 is 30.1 Å². The first-order valence-electron chi connectivity index (χ1n) is 12.5. The minimum Gasteiger partial charge on any atom is -0.466 e. The van der Waals surface area contributed by atoms with Crippen LogP contribution in [0, 0.1) is 19.8 Å². The van der Waals surface area contributed by atoms with E-state index in [9.17, 15) is 19.2 Å². The Balaban J connectivity index is 2.28. The summed E-state index contributed by atoms with van der Waals surface area (Å²) >= 11 is 0. The molecule has 0 unspecified atom stereocenters. The lowest BCUT2D eigenvalue weighted by Crippen LogP contribution is -2.54. The zero-order valence-corrected chi connectivity index (χ0v) is 21.7. The van der Waals surface area contributed by atoms with Crippen LogP contribution in [0.5, 0.6) is 0 Å². The number of para-hydroxylation sites is 1. The van der Waals surface area contributed by atoms with Crippen molar-refractivity contribution in [3.63, 3.8) is 0 Å². The van der Waals surface area contributed by atoms with Gasteiger partial charge in [0, 0.05) is 6.42 Å². The van der Waals surface area contributed by atoms with Crippen LogP contribution in [0.2, 0.25) is 1.41 Å². The number of nitrogens with one attached hydrogen (secondary N) is 2. The number of rotatable bonds is 12. The Morgan fingerprint density at radius 3 is 2.28 bits per heavy atom. The van der Waals surface area contributed by atoms with Gasteiger partial charge in [0.25, 0.3) is 5.91 Å². The minimum absolute atomic E-state index is 0.0395. The predicted octanol–water partition coefficient (Wildman–Crippen LogP) is 2.63. The molecule has 2 aromatic rings. The summed E-state index contributed by atoms with van der Waals surface area (Å²) in [5, 5.41) is 7.66. The average Bonchev–Trinajstić information content (AvgIpc) is 3.15. The maximum atomic E-state index is 13.4. The molecule has 196 valence electrons. The van der Waals surface area contributed by atoms with Crippen LogP contribution in [0.3, 0.4) is 0 Å². The third-order valence-electron chi connectivity index (χ3n) is 5.49. The molecular weight excluding hydrogens is 464 g/mol. The highest BCUT2D eigenvalue weighted by atomic mass is 16.5. The molecule has 0 saturated carbocycles. The summed E-state index contributed by atoms with van der Waals surface area (Å²) in [6, 6.07) is 6.92. The van der Waals surface area contributed by atoms with Gasteiger partial charge in [-0.2, -0.15) is 5.10 Å². The second-order valence-corrected chi connectivity index (χ2v) is 8.57. The molecule has 36 heavy (non-hydrogen) atoms. The van der Waals surface area contributed by atoms with E-state index in [1.54, 1.807) is 46.2 Å². The van der Waals surface area contributed by atoms with Gasteiger partial charge in [-0.15, -0.1) is 0 Å². The molecule has 0 aliphatic rings. The number of carbonyl (C=O) groups is 4. The highest BCUT2D eigenvalue weighted by molar-refractivity contribution is 6.00. The second kappa shape index (κ2) is 13.4. The topological polar surface area (TPSA) is 129 Å². The SMILES string of the molecule is [2H]N(C(=O)c1c(C)nn(-c2ccccc2)c1C)[C@H](C(=O)N[C@@H](CCC(=O)OCC)C(=O)OCC)C(C)C. The van der Waals surface area contributed by atoms with Gasteiger partial charge in [0.05, 0.1) is 35.9 Å². The standard InChI is InChI=1S/C26H36N4O6/c1-7-35-21(31)15-14-20(26(34)36-8-2)27-25(33)23(16(3)4)28-24(32)22-17(5)29-30(18(22)6)19-12-10-9-11-13-19/h9-13,16,20,23H,7-8,14-15H2,1-6H3,(H,27,33)(H,28,32)/t20-,23-/m0/s1/i/hD. The molecule has 0 aliphatic carbocycles. The van der Waals surface area contributed by atoms with Crippen LogP contribution >= 0.6 is 0 Å². The minimum atomic E-state index is -1.22. The largest absolute Gasteiger partial charge is 0.466 e. The fraction of sp³-hybridized carbons (Fsp3) is 0.500. The molecule has 2 rings (SSSR count). The normalized spacial score (nSPS) is 12.9. The van der Waals surface area contributed by atoms with Gasteiger partial charge < -0.3 is 20.1 Å². The van der Waals surface area contributed by atoms with Gasteiger partial charge in [-0.3, -0.25) is 14.4 Å². The number of esters is 2. The number of hydrogen-bond acceptors (Lipinski definition) is 7. The molecule has 10 heteroatoms. The van der Waals surface area contributed by atoms with E-state index in [1.807, 2.05) is 30.3 Å². The van der Waals surface area contributed by atoms with Crippen molar-refractivity contribution in [3.05, 3.63) is 47.3 Å². The lowest BCUT2D eigenvalue weighted by Gasteiger charge is -2.25. The molecule has 0 saturated heterocycles. The lowest BCUT2D eigenvalue weighted by atomic mass is 10.0. The van der Waals surface area contributed by atoms with Crippen molar-refractivity contribution in [2.24, 2.45) is 5.92 Å². The number of aryl methyl sites for hydroxylation is 1. The number of hydrogen-bond donors (Lipinski definition) is 2. The van der Waals surface area contributed by atoms with Gasteiger partial charge in [-0.05, 0) is 52.2 Å². The van der Waals surface area contributed by atoms with E-state index in [4.69, 9.17) is 10.9 Å². The quantitative estimate of drug-likeness (QED) is 0.428. The molecule has 0 radical (unpaired) electrons. The van der Waals surface area contributed by atoms with E-state index >= 15 is 0 Å². The van der Waals surface area contributed by atoms with E-state index in [-0.39, 0.29) is 31.6 Å². The van der Waals surface area contributed by atoms with Gasteiger partial charge in [0.15, 0.2) is 1.41 Å². The highest BCUT2D eigenvalue weighted by Crippen LogP contribution is 2.18. The highest BCUT2D eigenvalue weighted by Gasteiger charge is 2.31. The number of amides is 2. The number of benzene rings is 1. The molecule has 0 fully saturated rings. The van der Waals surface area contributed by atoms with Crippen molar-refractivity contribution in [1.82, 2.24) is 20.4 Å². The molecule has 0 bridgehead atoms. The first-order chi connectivity index (χ1) is 17.5. The summed E-state index contributed by atoms with van der Waals surface area (Å²) < 4.78 is 20.2.